The van der Waals surface area contributed by atoms with Crippen LogP contribution in [0.4, 0.5) is 0 Å². The van der Waals surface area contributed by atoms with Crippen molar-refractivity contribution in [3.63, 3.8) is 0 Å². The topological polar surface area (TPSA) is 12.0 Å². The lowest BCUT2D eigenvalue weighted by molar-refractivity contribution is 0.0580. The van der Waals surface area contributed by atoms with Crippen molar-refractivity contribution in [2.24, 2.45) is 5.41 Å². The molecular weight excluding hydrogens is 253 g/mol. The molecule has 0 atom stereocenters. The fourth-order valence-electron chi connectivity index (χ4n) is 3.51. The molecule has 0 amide bonds. The third-order valence-corrected chi connectivity index (χ3v) is 4.27. The number of benzene rings is 1. The first-order valence-electron chi connectivity index (χ1n) is 5.99. The zero-order chi connectivity index (χ0) is 12.7. The maximum absolute atomic E-state index is 6.34. The van der Waals surface area contributed by atoms with Crippen molar-refractivity contribution in [1.82, 2.24) is 5.32 Å². The first kappa shape index (κ1) is 13.2. The molecule has 1 aromatic carbocycles. The number of halogens is 2. The molecule has 2 rings (SSSR count). The minimum atomic E-state index is 0.105. The average molecular weight is 272 g/mol. The van der Waals surface area contributed by atoms with Crippen LogP contribution >= 0.6 is 23.2 Å². The van der Waals surface area contributed by atoms with Crippen molar-refractivity contribution in [1.29, 1.82) is 0 Å². The molecule has 0 aromatic heterocycles. The summed E-state index contributed by atoms with van der Waals surface area (Å²) in [6, 6.07) is 5.78. The Morgan fingerprint density at radius 2 is 1.71 bits per heavy atom. The van der Waals surface area contributed by atoms with Gasteiger partial charge in [0, 0.05) is 22.0 Å². The summed E-state index contributed by atoms with van der Waals surface area (Å²) in [7, 11) is 1.98. The number of rotatable bonds is 3. The van der Waals surface area contributed by atoms with Gasteiger partial charge >= 0.3 is 0 Å². The van der Waals surface area contributed by atoms with Gasteiger partial charge in [-0.25, -0.2) is 0 Å². The highest BCUT2D eigenvalue weighted by Crippen LogP contribution is 2.57. The van der Waals surface area contributed by atoms with Crippen LogP contribution in [0.1, 0.15) is 32.3 Å². The van der Waals surface area contributed by atoms with Gasteiger partial charge in [-0.05, 0) is 43.0 Å². The lowest BCUT2D eigenvalue weighted by Gasteiger charge is -2.54. The molecule has 0 unspecified atom stereocenters. The largest absolute Gasteiger partial charge is 0.319 e. The van der Waals surface area contributed by atoms with E-state index in [-0.39, 0.29) is 5.41 Å². The Balaban J connectivity index is 2.42. The van der Waals surface area contributed by atoms with E-state index in [0.29, 0.717) is 5.41 Å². The van der Waals surface area contributed by atoms with Gasteiger partial charge in [-0.3, -0.25) is 0 Å². The van der Waals surface area contributed by atoms with Gasteiger partial charge in [0.25, 0.3) is 0 Å². The zero-order valence-electron chi connectivity index (χ0n) is 10.6. The summed E-state index contributed by atoms with van der Waals surface area (Å²) in [6.45, 7) is 5.53. The van der Waals surface area contributed by atoms with Gasteiger partial charge < -0.3 is 5.32 Å². The van der Waals surface area contributed by atoms with Crippen LogP contribution < -0.4 is 5.32 Å². The summed E-state index contributed by atoms with van der Waals surface area (Å²) in [5.41, 5.74) is 1.62. The van der Waals surface area contributed by atoms with Crippen molar-refractivity contribution in [3.05, 3.63) is 33.8 Å². The number of nitrogens with one attached hydrogen (secondary N) is 1. The Labute approximate surface area is 114 Å². The molecule has 0 radical (unpaired) electrons. The lowest BCUT2D eigenvalue weighted by atomic mass is 9.52. The van der Waals surface area contributed by atoms with Crippen LogP contribution in [-0.2, 0) is 5.41 Å². The van der Waals surface area contributed by atoms with E-state index in [4.69, 9.17) is 23.2 Å². The van der Waals surface area contributed by atoms with Crippen LogP contribution in [0.25, 0.3) is 0 Å². The normalized spacial score (nSPS) is 21.0. The molecule has 0 spiro atoms. The van der Waals surface area contributed by atoms with Crippen LogP contribution in [0.15, 0.2) is 18.2 Å². The zero-order valence-corrected chi connectivity index (χ0v) is 12.1. The molecule has 94 valence electrons. The predicted molar refractivity (Wildman–Crippen MR) is 75.1 cm³/mol. The lowest BCUT2D eigenvalue weighted by Crippen LogP contribution is -2.52. The van der Waals surface area contributed by atoms with Gasteiger partial charge in [0.1, 0.15) is 0 Å². The molecule has 1 fully saturated rings. The second-order valence-corrected chi connectivity index (χ2v) is 6.74. The number of hydrogen-bond donors (Lipinski definition) is 1. The Morgan fingerprint density at radius 1 is 1.18 bits per heavy atom. The van der Waals surface area contributed by atoms with Gasteiger partial charge in [-0.1, -0.05) is 43.1 Å². The van der Waals surface area contributed by atoms with Crippen molar-refractivity contribution in [2.45, 2.75) is 32.1 Å². The van der Waals surface area contributed by atoms with Gasteiger partial charge in [0.05, 0.1) is 0 Å². The monoisotopic (exact) mass is 271 g/mol. The number of likely N-dealkylation sites (N-methyl/N-ethyl adjacent to an activating group) is 1. The molecule has 0 aliphatic heterocycles. The Kier molecular flexibility index (Phi) is 3.46. The highest BCUT2D eigenvalue weighted by atomic mass is 35.5. The van der Waals surface area contributed by atoms with Crippen LogP contribution in [0.5, 0.6) is 0 Å². The summed E-state index contributed by atoms with van der Waals surface area (Å²) >= 11 is 12.7. The molecule has 3 heteroatoms. The first-order chi connectivity index (χ1) is 7.90. The van der Waals surface area contributed by atoms with Gasteiger partial charge in [-0.15, -0.1) is 0 Å². The Bertz CT molecular complexity index is 398. The maximum Gasteiger partial charge on any atom is 0.0459 e. The SMILES string of the molecule is CNCC1(c2c(Cl)cccc2Cl)CC(C)(C)C1. The van der Waals surface area contributed by atoms with E-state index in [1.807, 2.05) is 25.2 Å². The molecule has 1 nitrogen and oxygen atoms in total. The summed E-state index contributed by atoms with van der Waals surface area (Å²) in [5.74, 6) is 0. The summed E-state index contributed by atoms with van der Waals surface area (Å²) in [4.78, 5) is 0. The minimum Gasteiger partial charge on any atom is -0.319 e. The van der Waals surface area contributed by atoms with E-state index >= 15 is 0 Å². The van der Waals surface area contributed by atoms with Crippen molar-refractivity contribution in [3.8, 4) is 0 Å². The van der Waals surface area contributed by atoms with E-state index in [1.165, 1.54) is 0 Å². The Hall–Kier alpha value is -0.240. The van der Waals surface area contributed by atoms with E-state index in [9.17, 15) is 0 Å². The van der Waals surface area contributed by atoms with Gasteiger partial charge in [0.2, 0.25) is 0 Å². The molecular formula is C14H19Cl2N. The smallest absolute Gasteiger partial charge is 0.0459 e. The van der Waals surface area contributed by atoms with E-state index in [1.54, 1.807) is 0 Å². The molecule has 1 N–H and O–H groups in total. The summed E-state index contributed by atoms with van der Waals surface area (Å²) in [5, 5.41) is 4.87. The molecule has 1 aliphatic rings. The molecule has 17 heavy (non-hydrogen) atoms. The minimum absolute atomic E-state index is 0.105. The van der Waals surface area contributed by atoms with Crippen molar-refractivity contribution < 1.29 is 0 Å². The standard InChI is InChI=1S/C14H19Cl2N/c1-13(2)7-14(8-13,9-17-3)12-10(15)5-4-6-11(12)16/h4-6,17H,7-9H2,1-3H3. The fraction of sp³-hybridized carbons (Fsp3) is 0.571. The van der Waals surface area contributed by atoms with Gasteiger partial charge in [-0.2, -0.15) is 0 Å². The third kappa shape index (κ3) is 2.33. The molecule has 0 saturated heterocycles. The van der Waals surface area contributed by atoms with Crippen molar-refractivity contribution in [2.75, 3.05) is 13.6 Å². The second-order valence-electron chi connectivity index (χ2n) is 5.93. The maximum atomic E-state index is 6.34. The predicted octanol–water partition coefficient (Wildman–Crippen LogP) is 4.27. The average Bonchev–Trinajstić information content (AvgIpc) is 2.14. The molecule has 1 aromatic rings. The highest BCUT2D eigenvalue weighted by molar-refractivity contribution is 6.36. The van der Waals surface area contributed by atoms with Crippen LogP contribution in [-0.4, -0.2) is 13.6 Å². The van der Waals surface area contributed by atoms with Crippen molar-refractivity contribution >= 4 is 23.2 Å². The van der Waals surface area contributed by atoms with Crippen LogP contribution in [0, 0.1) is 5.41 Å². The molecule has 0 bridgehead atoms. The molecule has 0 heterocycles. The molecule has 1 aliphatic carbocycles. The number of hydrogen-bond acceptors (Lipinski definition) is 1. The van der Waals surface area contributed by atoms with Crippen LogP contribution in [0.2, 0.25) is 10.0 Å². The first-order valence-corrected chi connectivity index (χ1v) is 6.75. The van der Waals surface area contributed by atoms with E-state index in [0.717, 1.165) is 35.0 Å². The molecule has 1 saturated carbocycles. The second kappa shape index (κ2) is 4.46. The fourth-order valence-corrected chi connectivity index (χ4v) is 4.31. The third-order valence-electron chi connectivity index (χ3n) is 3.64. The Morgan fingerprint density at radius 3 is 2.12 bits per heavy atom. The van der Waals surface area contributed by atoms with E-state index < -0.39 is 0 Å². The quantitative estimate of drug-likeness (QED) is 0.866. The summed E-state index contributed by atoms with van der Waals surface area (Å²) in [6.07, 6.45) is 2.26. The highest BCUT2D eigenvalue weighted by Gasteiger charge is 2.51. The van der Waals surface area contributed by atoms with Gasteiger partial charge in [0.15, 0.2) is 0 Å². The summed E-state index contributed by atoms with van der Waals surface area (Å²) < 4.78 is 0. The van der Waals surface area contributed by atoms with E-state index in [2.05, 4.69) is 19.2 Å². The van der Waals surface area contributed by atoms with Crippen LogP contribution in [0.3, 0.4) is 0 Å².